The predicted molar refractivity (Wildman–Crippen MR) is 119 cm³/mol. The van der Waals surface area contributed by atoms with E-state index in [1.54, 1.807) is 12.1 Å². The van der Waals surface area contributed by atoms with Crippen LogP contribution < -0.4 is 10.6 Å². The molecule has 1 aromatic carbocycles. The first-order valence-electron chi connectivity index (χ1n) is 10.4. The molecule has 0 aromatic heterocycles. The molecule has 0 fully saturated rings. The number of guanidine groups is 1. The summed E-state index contributed by atoms with van der Waals surface area (Å²) in [4.78, 5) is 7.46. The summed E-state index contributed by atoms with van der Waals surface area (Å²) in [6, 6.07) is 7.41. The van der Waals surface area contributed by atoms with Crippen molar-refractivity contribution in [2.75, 3.05) is 39.0 Å². The summed E-state index contributed by atoms with van der Waals surface area (Å²) in [6.45, 7) is 13.5. The molecular formula is C21H38N4O2S. The molecule has 0 heterocycles. The monoisotopic (exact) mass is 410 g/mol. The lowest BCUT2D eigenvalue weighted by atomic mass is 10.1. The zero-order valence-corrected chi connectivity index (χ0v) is 19.0. The molecule has 0 bridgehead atoms. The summed E-state index contributed by atoms with van der Waals surface area (Å²) in [6.07, 6.45) is 4.27. The molecule has 0 radical (unpaired) electrons. The quantitative estimate of drug-likeness (QED) is 0.409. The van der Waals surface area contributed by atoms with Gasteiger partial charge in [0.2, 0.25) is 0 Å². The molecule has 0 saturated carbocycles. The van der Waals surface area contributed by atoms with E-state index in [0.29, 0.717) is 17.5 Å². The van der Waals surface area contributed by atoms with E-state index in [-0.39, 0.29) is 0 Å². The van der Waals surface area contributed by atoms with Gasteiger partial charge in [-0.2, -0.15) is 0 Å². The summed E-state index contributed by atoms with van der Waals surface area (Å²) in [5, 5.41) is 6.78. The van der Waals surface area contributed by atoms with Gasteiger partial charge in [0.1, 0.15) is 0 Å². The predicted octanol–water partition coefficient (Wildman–Crippen LogP) is 2.70. The highest BCUT2D eigenvalue weighted by Crippen LogP contribution is 2.10. The number of aliphatic imine (C=N–C) groups is 1. The van der Waals surface area contributed by atoms with Crippen molar-refractivity contribution in [1.82, 2.24) is 15.5 Å². The molecular weight excluding hydrogens is 372 g/mol. The normalized spacial score (nSPS) is 13.6. The number of benzene rings is 1. The van der Waals surface area contributed by atoms with Gasteiger partial charge in [0.25, 0.3) is 0 Å². The van der Waals surface area contributed by atoms with Crippen molar-refractivity contribution in [1.29, 1.82) is 0 Å². The second-order valence-electron chi connectivity index (χ2n) is 7.14. The third kappa shape index (κ3) is 9.55. The standard InChI is InChI=1S/C21H38N4O2S/c1-6-22-21(24-18(4)10-9-17-25(7-2)8-3)23-16-15-19-11-13-20(14-12-19)28(5,26)27/h11-14,18H,6-10,15-17H2,1-5H3,(H2,22,23,24). The second kappa shape index (κ2) is 12.8. The summed E-state index contributed by atoms with van der Waals surface area (Å²) in [5.41, 5.74) is 1.08. The fourth-order valence-electron chi connectivity index (χ4n) is 2.99. The number of sulfone groups is 1. The Morgan fingerprint density at radius 3 is 2.32 bits per heavy atom. The molecule has 0 aliphatic carbocycles. The van der Waals surface area contributed by atoms with Gasteiger partial charge in [-0.05, 0) is 70.4 Å². The molecule has 6 nitrogen and oxygen atoms in total. The van der Waals surface area contributed by atoms with E-state index in [4.69, 9.17) is 0 Å². The Labute approximate surface area is 171 Å². The maximum Gasteiger partial charge on any atom is 0.191 e. The number of rotatable bonds is 12. The highest BCUT2D eigenvalue weighted by atomic mass is 32.2. The van der Waals surface area contributed by atoms with E-state index >= 15 is 0 Å². The third-order valence-corrected chi connectivity index (χ3v) is 5.88. The van der Waals surface area contributed by atoms with Crippen LogP contribution in [-0.4, -0.2) is 64.3 Å². The van der Waals surface area contributed by atoms with Gasteiger partial charge < -0.3 is 15.5 Å². The van der Waals surface area contributed by atoms with Crippen LogP contribution in [0.15, 0.2) is 34.2 Å². The molecule has 0 saturated heterocycles. The van der Waals surface area contributed by atoms with Gasteiger partial charge in [-0.15, -0.1) is 0 Å². The minimum absolute atomic E-state index is 0.355. The fourth-order valence-corrected chi connectivity index (χ4v) is 3.62. The van der Waals surface area contributed by atoms with E-state index in [2.05, 4.69) is 48.2 Å². The molecule has 160 valence electrons. The lowest BCUT2D eigenvalue weighted by Crippen LogP contribution is -2.42. The smallest absolute Gasteiger partial charge is 0.191 e. The topological polar surface area (TPSA) is 73.8 Å². The maximum absolute atomic E-state index is 11.5. The van der Waals surface area contributed by atoms with Crippen molar-refractivity contribution in [3.8, 4) is 0 Å². The van der Waals surface area contributed by atoms with Crippen molar-refractivity contribution in [3.05, 3.63) is 29.8 Å². The first-order chi connectivity index (χ1) is 13.3. The largest absolute Gasteiger partial charge is 0.357 e. The van der Waals surface area contributed by atoms with Gasteiger partial charge in [0.15, 0.2) is 15.8 Å². The number of hydrogen-bond donors (Lipinski definition) is 2. The molecule has 0 amide bonds. The van der Waals surface area contributed by atoms with Crippen LogP contribution in [0.1, 0.15) is 46.1 Å². The number of nitrogens with zero attached hydrogens (tertiary/aromatic N) is 2. The highest BCUT2D eigenvalue weighted by Gasteiger charge is 2.08. The van der Waals surface area contributed by atoms with Crippen LogP contribution in [-0.2, 0) is 16.3 Å². The van der Waals surface area contributed by atoms with Crippen molar-refractivity contribution in [3.63, 3.8) is 0 Å². The van der Waals surface area contributed by atoms with Gasteiger partial charge in [0.05, 0.1) is 4.90 Å². The van der Waals surface area contributed by atoms with Crippen LogP contribution in [0, 0.1) is 0 Å². The summed E-state index contributed by atoms with van der Waals surface area (Å²) in [7, 11) is -3.14. The molecule has 0 aliphatic rings. The van der Waals surface area contributed by atoms with Crippen molar-refractivity contribution >= 4 is 15.8 Å². The van der Waals surface area contributed by atoms with Gasteiger partial charge in [-0.3, -0.25) is 4.99 Å². The first kappa shape index (κ1) is 24.4. The van der Waals surface area contributed by atoms with Crippen LogP contribution in [0.3, 0.4) is 0 Å². The van der Waals surface area contributed by atoms with Gasteiger partial charge in [0, 0.05) is 25.4 Å². The summed E-state index contributed by atoms with van der Waals surface area (Å²) < 4.78 is 23.1. The van der Waals surface area contributed by atoms with Crippen LogP contribution >= 0.6 is 0 Å². The molecule has 28 heavy (non-hydrogen) atoms. The Hall–Kier alpha value is -1.60. The Kier molecular flexibility index (Phi) is 11.2. The van der Waals surface area contributed by atoms with E-state index < -0.39 is 9.84 Å². The third-order valence-electron chi connectivity index (χ3n) is 4.76. The molecule has 1 unspecified atom stereocenters. The zero-order chi connectivity index (χ0) is 21.0. The van der Waals surface area contributed by atoms with E-state index in [1.807, 2.05) is 12.1 Å². The Balaban J connectivity index is 2.50. The Morgan fingerprint density at radius 1 is 1.14 bits per heavy atom. The van der Waals surface area contributed by atoms with Crippen LogP contribution in [0.5, 0.6) is 0 Å². The van der Waals surface area contributed by atoms with Crippen molar-refractivity contribution in [2.24, 2.45) is 4.99 Å². The SMILES string of the molecule is CCNC(=NCCc1ccc(S(C)(=O)=O)cc1)NC(C)CCCN(CC)CC. The maximum atomic E-state index is 11.5. The molecule has 0 spiro atoms. The van der Waals surface area contributed by atoms with Gasteiger partial charge in [-0.1, -0.05) is 26.0 Å². The highest BCUT2D eigenvalue weighted by molar-refractivity contribution is 7.90. The minimum Gasteiger partial charge on any atom is -0.357 e. The van der Waals surface area contributed by atoms with Crippen molar-refractivity contribution < 1.29 is 8.42 Å². The van der Waals surface area contributed by atoms with Gasteiger partial charge in [-0.25, -0.2) is 8.42 Å². The second-order valence-corrected chi connectivity index (χ2v) is 9.16. The lowest BCUT2D eigenvalue weighted by Gasteiger charge is -2.21. The van der Waals surface area contributed by atoms with E-state index in [0.717, 1.165) is 50.5 Å². The number of nitrogens with one attached hydrogen (secondary N) is 2. The van der Waals surface area contributed by atoms with Crippen LogP contribution in [0.4, 0.5) is 0 Å². The average molecular weight is 411 g/mol. The first-order valence-corrected chi connectivity index (χ1v) is 12.2. The average Bonchev–Trinajstić information content (AvgIpc) is 2.65. The molecule has 7 heteroatoms. The summed E-state index contributed by atoms with van der Waals surface area (Å²) >= 11 is 0. The molecule has 2 N–H and O–H groups in total. The van der Waals surface area contributed by atoms with Crippen LogP contribution in [0.2, 0.25) is 0 Å². The molecule has 1 rings (SSSR count). The number of hydrogen-bond acceptors (Lipinski definition) is 4. The van der Waals surface area contributed by atoms with E-state index in [1.165, 1.54) is 12.7 Å². The van der Waals surface area contributed by atoms with E-state index in [9.17, 15) is 8.42 Å². The lowest BCUT2D eigenvalue weighted by molar-refractivity contribution is 0.292. The summed E-state index contributed by atoms with van der Waals surface area (Å²) in [5.74, 6) is 0.839. The zero-order valence-electron chi connectivity index (χ0n) is 18.2. The molecule has 1 atom stereocenters. The van der Waals surface area contributed by atoms with Crippen LogP contribution in [0.25, 0.3) is 0 Å². The van der Waals surface area contributed by atoms with Gasteiger partial charge >= 0.3 is 0 Å². The molecule has 0 aliphatic heterocycles. The molecule has 1 aromatic rings. The Bertz CT molecular complexity index is 683. The van der Waals surface area contributed by atoms with Crippen molar-refractivity contribution in [2.45, 2.75) is 57.9 Å². The Morgan fingerprint density at radius 2 is 1.79 bits per heavy atom. The fraction of sp³-hybridized carbons (Fsp3) is 0.667. The minimum atomic E-state index is -3.14.